The molecule has 2 saturated carbocycles. The predicted octanol–water partition coefficient (Wildman–Crippen LogP) is 3.02. The smallest absolute Gasteiger partial charge is 0.331 e. The lowest BCUT2D eigenvalue weighted by Gasteiger charge is -2.28. The summed E-state index contributed by atoms with van der Waals surface area (Å²) < 4.78 is 5.27. The van der Waals surface area contributed by atoms with Crippen molar-refractivity contribution >= 4 is 17.8 Å². The summed E-state index contributed by atoms with van der Waals surface area (Å²) in [6.45, 7) is -0.311. The normalized spacial score (nSPS) is 30.6. The van der Waals surface area contributed by atoms with Gasteiger partial charge in [0.1, 0.15) is 12.3 Å². The van der Waals surface area contributed by atoms with E-state index in [0.29, 0.717) is 11.7 Å². The number of nitrogens with zero attached hydrogens (tertiary/aromatic N) is 1. The Morgan fingerprint density at radius 1 is 0.893 bits per heavy atom. The number of hydrogen-bond acceptors (Lipinski definition) is 4. The van der Waals surface area contributed by atoms with Crippen LogP contribution in [0.3, 0.4) is 0 Å². The highest BCUT2D eigenvalue weighted by Crippen LogP contribution is 2.61. The molecule has 3 aliphatic rings. The molecule has 0 radical (unpaired) electrons. The van der Waals surface area contributed by atoms with Gasteiger partial charge in [-0.1, -0.05) is 48.5 Å². The molecule has 5 nitrogen and oxygen atoms in total. The second-order valence-corrected chi connectivity index (χ2v) is 8.01. The van der Waals surface area contributed by atoms with Crippen LogP contribution >= 0.6 is 0 Å². The molecule has 1 aliphatic heterocycles. The Balaban J connectivity index is 1.32. The number of carbonyl (C=O) groups excluding carboxylic acids is 3. The standard InChI is InChI=1S/C23H21NO4/c25-19(28-16-9-5-2-6-10-16)13-24-22(26)20-15-11-17(14-7-3-1-4-8-14)18(12-15)21(20)23(24)27/h1-10,15,17-18,20-21H,11-13H2/t15-,17-,18+,20+,21-/m0/s1. The van der Waals surface area contributed by atoms with Crippen LogP contribution in [0.15, 0.2) is 60.7 Å². The molecular formula is C23H21NO4. The van der Waals surface area contributed by atoms with Crippen molar-refractivity contribution in [2.24, 2.45) is 23.7 Å². The van der Waals surface area contributed by atoms with Crippen LogP contribution in [0, 0.1) is 23.7 Å². The van der Waals surface area contributed by atoms with Crippen molar-refractivity contribution < 1.29 is 19.1 Å². The van der Waals surface area contributed by atoms with Gasteiger partial charge in [0.2, 0.25) is 11.8 Å². The molecule has 2 aromatic rings. The minimum absolute atomic E-state index is 0.184. The Morgan fingerprint density at radius 2 is 1.54 bits per heavy atom. The fourth-order valence-electron chi connectivity index (χ4n) is 5.54. The molecular weight excluding hydrogens is 354 g/mol. The number of hydrogen-bond donors (Lipinski definition) is 0. The van der Waals surface area contributed by atoms with E-state index in [-0.39, 0.29) is 42.0 Å². The minimum Gasteiger partial charge on any atom is -0.425 e. The summed E-state index contributed by atoms with van der Waals surface area (Å²) in [5, 5.41) is 0. The maximum atomic E-state index is 13.0. The molecule has 0 spiro atoms. The Labute approximate surface area is 163 Å². The van der Waals surface area contributed by atoms with Crippen LogP contribution in [0.5, 0.6) is 5.75 Å². The number of ether oxygens (including phenoxy) is 1. The van der Waals surface area contributed by atoms with Crippen molar-refractivity contribution in [3.63, 3.8) is 0 Å². The minimum atomic E-state index is -0.583. The van der Waals surface area contributed by atoms with Crippen LogP contribution < -0.4 is 4.74 Å². The van der Waals surface area contributed by atoms with E-state index in [9.17, 15) is 14.4 Å². The van der Waals surface area contributed by atoms with Crippen LogP contribution in [-0.4, -0.2) is 29.2 Å². The predicted molar refractivity (Wildman–Crippen MR) is 101 cm³/mol. The van der Waals surface area contributed by atoms with E-state index in [1.807, 2.05) is 24.3 Å². The Kier molecular flexibility index (Phi) is 4.04. The zero-order valence-electron chi connectivity index (χ0n) is 15.4. The van der Waals surface area contributed by atoms with Crippen LogP contribution in [0.4, 0.5) is 0 Å². The fraction of sp³-hybridized carbons (Fsp3) is 0.348. The van der Waals surface area contributed by atoms with Crippen LogP contribution in [0.2, 0.25) is 0 Å². The zero-order valence-corrected chi connectivity index (χ0v) is 15.4. The third-order valence-electron chi connectivity index (χ3n) is 6.60. The van der Waals surface area contributed by atoms with Crippen LogP contribution in [0.25, 0.3) is 0 Å². The number of esters is 1. The highest BCUT2D eigenvalue weighted by Gasteiger charge is 2.64. The summed E-state index contributed by atoms with van der Waals surface area (Å²) >= 11 is 0. The maximum Gasteiger partial charge on any atom is 0.331 e. The molecule has 0 aromatic heterocycles. The molecule has 0 N–H and O–H groups in total. The third-order valence-corrected chi connectivity index (χ3v) is 6.60. The van der Waals surface area contributed by atoms with Crippen molar-refractivity contribution in [1.82, 2.24) is 4.90 Å². The number of amides is 2. The van der Waals surface area contributed by atoms with Gasteiger partial charge >= 0.3 is 5.97 Å². The largest absolute Gasteiger partial charge is 0.425 e. The average Bonchev–Trinajstić information content (AvgIpc) is 3.37. The van der Waals surface area contributed by atoms with Gasteiger partial charge in [0, 0.05) is 0 Å². The topological polar surface area (TPSA) is 63.7 Å². The van der Waals surface area contributed by atoms with E-state index in [0.717, 1.165) is 17.7 Å². The quantitative estimate of drug-likeness (QED) is 0.468. The van der Waals surface area contributed by atoms with Gasteiger partial charge in [0.15, 0.2) is 0 Å². The van der Waals surface area contributed by atoms with Gasteiger partial charge in [-0.25, -0.2) is 4.79 Å². The molecule has 5 rings (SSSR count). The Hall–Kier alpha value is -2.95. The van der Waals surface area contributed by atoms with E-state index < -0.39 is 5.97 Å². The zero-order chi connectivity index (χ0) is 19.3. The Morgan fingerprint density at radius 3 is 2.25 bits per heavy atom. The summed E-state index contributed by atoms with van der Waals surface area (Å²) in [6.07, 6.45) is 1.87. The molecule has 1 saturated heterocycles. The summed E-state index contributed by atoms with van der Waals surface area (Å²) in [7, 11) is 0. The van der Waals surface area contributed by atoms with E-state index in [4.69, 9.17) is 4.74 Å². The number of fused-ring (bicyclic) bond motifs is 5. The van der Waals surface area contributed by atoms with Crippen molar-refractivity contribution in [3.8, 4) is 5.75 Å². The van der Waals surface area contributed by atoms with Gasteiger partial charge in [-0.2, -0.15) is 0 Å². The highest BCUT2D eigenvalue weighted by atomic mass is 16.5. The molecule has 5 atom stereocenters. The van der Waals surface area contributed by atoms with Crippen molar-refractivity contribution in [2.75, 3.05) is 6.54 Å². The number of para-hydroxylation sites is 1. The molecule has 142 valence electrons. The first-order chi connectivity index (χ1) is 13.6. The second kappa shape index (κ2) is 6.59. The highest BCUT2D eigenvalue weighted by molar-refractivity contribution is 6.08. The molecule has 5 heteroatoms. The molecule has 1 heterocycles. The van der Waals surface area contributed by atoms with Gasteiger partial charge in [0.25, 0.3) is 0 Å². The number of benzene rings is 2. The van der Waals surface area contributed by atoms with Crippen molar-refractivity contribution in [2.45, 2.75) is 18.8 Å². The molecule has 28 heavy (non-hydrogen) atoms. The number of likely N-dealkylation sites (tertiary alicyclic amines) is 1. The molecule has 2 aromatic carbocycles. The second-order valence-electron chi connectivity index (χ2n) is 8.01. The average molecular weight is 375 g/mol. The number of rotatable bonds is 4. The summed E-state index contributed by atoms with van der Waals surface area (Å²) in [5.74, 6) is -0.387. The van der Waals surface area contributed by atoms with Crippen molar-refractivity contribution in [1.29, 1.82) is 0 Å². The summed E-state index contributed by atoms with van der Waals surface area (Å²) in [4.78, 5) is 39.4. The first kappa shape index (κ1) is 17.2. The van der Waals surface area contributed by atoms with Gasteiger partial charge in [0.05, 0.1) is 11.8 Å². The first-order valence-electron chi connectivity index (χ1n) is 9.79. The SMILES string of the molecule is O=C(CN1C(=O)[C@@H]2[C@@H]3C[C@@H]([C@@H]2C1=O)[C@H](c1ccccc1)C3)Oc1ccccc1. The van der Waals surface area contributed by atoms with E-state index in [1.54, 1.807) is 24.3 Å². The Bertz CT molecular complexity index is 926. The molecule has 2 aliphatic carbocycles. The van der Waals surface area contributed by atoms with E-state index in [2.05, 4.69) is 12.1 Å². The lowest BCUT2D eigenvalue weighted by atomic mass is 9.73. The first-order valence-corrected chi connectivity index (χ1v) is 9.79. The van der Waals surface area contributed by atoms with E-state index >= 15 is 0 Å². The summed E-state index contributed by atoms with van der Waals surface area (Å²) in [6, 6.07) is 18.9. The van der Waals surface area contributed by atoms with Gasteiger partial charge in [-0.05, 0) is 48.3 Å². The van der Waals surface area contributed by atoms with Crippen LogP contribution in [-0.2, 0) is 14.4 Å². The molecule has 2 amide bonds. The van der Waals surface area contributed by atoms with Crippen LogP contribution in [0.1, 0.15) is 24.3 Å². The van der Waals surface area contributed by atoms with E-state index in [1.165, 1.54) is 5.56 Å². The van der Waals surface area contributed by atoms with Crippen molar-refractivity contribution in [3.05, 3.63) is 66.2 Å². The van der Waals surface area contributed by atoms with Gasteiger partial charge < -0.3 is 4.74 Å². The van der Waals surface area contributed by atoms with Gasteiger partial charge in [-0.3, -0.25) is 14.5 Å². The molecule has 2 bridgehead atoms. The lowest BCUT2D eigenvalue weighted by molar-refractivity contribution is -0.148. The summed E-state index contributed by atoms with van der Waals surface area (Å²) in [5.41, 5.74) is 1.25. The number of carbonyl (C=O) groups is 3. The third kappa shape index (κ3) is 2.65. The molecule has 0 unspecified atom stereocenters. The van der Waals surface area contributed by atoms with Gasteiger partial charge in [-0.15, -0.1) is 0 Å². The monoisotopic (exact) mass is 375 g/mol. The fourth-order valence-corrected chi connectivity index (χ4v) is 5.54. The molecule has 3 fully saturated rings. The maximum absolute atomic E-state index is 13.0. The number of imide groups is 1. The lowest BCUT2D eigenvalue weighted by Crippen LogP contribution is -2.38.